The number of aryl methyl sites for hydroxylation is 2. The second kappa shape index (κ2) is 6.98. The minimum Gasteiger partial charge on any atom is -0.420 e. The largest absolute Gasteiger partial charge is 0.420 e. The average molecular weight is 392 g/mol. The molecule has 1 aliphatic rings. The van der Waals surface area contributed by atoms with Crippen molar-refractivity contribution in [2.45, 2.75) is 32.6 Å². The van der Waals surface area contributed by atoms with Crippen LogP contribution < -0.4 is 4.90 Å². The van der Waals surface area contributed by atoms with Crippen LogP contribution in [0.4, 0.5) is 5.82 Å². The topological polar surface area (TPSA) is 67.9 Å². The van der Waals surface area contributed by atoms with Gasteiger partial charge in [-0.25, -0.2) is 9.97 Å². The number of hydrogen-bond acceptors (Lipinski definition) is 7. The molecule has 4 heterocycles. The maximum atomic E-state index is 5.98. The van der Waals surface area contributed by atoms with Gasteiger partial charge in [-0.2, -0.15) is 0 Å². The fourth-order valence-electron chi connectivity index (χ4n) is 3.84. The second-order valence-electron chi connectivity index (χ2n) is 7.23. The first-order valence-electron chi connectivity index (χ1n) is 9.55. The number of benzene rings is 1. The molecule has 0 aliphatic carbocycles. The molecule has 28 heavy (non-hydrogen) atoms. The molecule has 0 saturated carbocycles. The van der Waals surface area contributed by atoms with E-state index in [1.165, 1.54) is 15.8 Å². The summed E-state index contributed by atoms with van der Waals surface area (Å²) >= 11 is 1.74. The van der Waals surface area contributed by atoms with Crippen molar-refractivity contribution in [3.8, 4) is 11.5 Å². The fraction of sp³-hybridized carbons (Fsp3) is 0.333. The summed E-state index contributed by atoms with van der Waals surface area (Å²) in [6.07, 6.45) is 3.64. The predicted octanol–water partition coefficient (Wildman–Crippen LogP) is 4.74. The second-order valence-corrected chi connectivity index (χ2v) is 8.44. The molecule has 0 atom stereocenters. The molecule has 0 N–H and O–H groups in total. The number of rotatable bonds is 3. The van der Waals surface area contributed by atoms with Crippen molar-refractivity contribution in [3.63, 3.8) is 0 Å². The van der Waals surface area contributed by atoms with Crippen molar-refractivity contribution < 1.29 is 4.42 Å². The van der Waals surface area contributed by atoms with Gasteiger partial charge < -0.3 is 9.32 Å². The van der Waals surface area contributed by atoms with Crippen molar-refractivity contribution >= 4 is 27.4 Å². The first kappa shape index (κ1) is 17.3. The Bertz CT molecular complexity index is 1110. The molecule has 1 fully saturated rings. The lowest BCUT2D eigenvalue weighted by Crippen LogP contribution is -2.33. The molecule has 4 aromatic rings. The number of anilines is 1. The zero-order chi connectivity index (χ0) is 19.1. The van der Waals surface area contributed by atoms with Gasteiger partial charge in [-0.3, -0.25) is 0 Å². The van der Waals surface area contributed by atoms with Crippen LogP contribution in [0.5, 0.6) is 0 Å². The number of piperidine rings is 1. The molecule has 5 rings (SSSR count). The summed E-state index contributed by atoms with van der Waals surface area (Å²) in [4.78, 5) is 13.8. The Hall–Kier alpha value is -2.80. The molecule has 3 aromatic heterocycles. The lowest BCUT2D eigenvalue weighted by Gasteiger charge is -2.31. The van der Waals surface area contributed by atoms with Crippen molar-refractivity contribution in [1.29, 1.82) is 0 Å². The van der Waals surface area contributed by atoms with E-state index in [-0.39, 0.29) is 0 Å². The number of aromatic nitrogens is 4. The number of hydrogen-bond donors (Lipinski definition) is 0. The van der Waals surface area contributed by atoms with Gasteiger partial charge in [0, 0.05) is 29.4 Å². The summed E-state index contributed by atoms with van der Waals surface area (Å²) in [6.45, 7) is 6.16. The van der Waals surface area contributed by atoms with Gasteiger partial charge in [0.05, 0.1) is 5.39 Å². The van der Waals surface area contributed by atoms with Gasteiger partial charge in [-0.05, 0) is 44.4 Å². The summed E-state index contributed by atoms with van der Waals surface area (Å²) in [5, 5.41) is 9.77. The van der Waals surface area contributed by atoms with Crippen LogP contribution in [0, 0.1) is 13.8 Å². The van der Waals surface area contributed by atoms with E-state index in [1.807, 2.05) is 30.3 Å². The maximum Gasteiger partial charge on any atom is 0.247 e. The minimum atomic E-state index is 0.295. The van der Waals surface area contributed by atoms with Crippen molar-refractivity contribution in [2.24, 2.45) is 0 Å². The Labute approximate surface area is 167 Å². The monoisotopic (exact) mass is 391 g/mol. The van der Waals surface area contributed by atoms with Gasteiger partial charge in [-0.15, -0.1) is 21.5 Å². The third-order valence-electron chi connectivity index (χ3n) is 5.55. The summed E-state index contributed by atoms with van der Waals surface area (Å²) in [5.41, 5.74) is 2.26. The van der Waals surface area contributed by atoms with Crippen LogP contribution >= 0.6 is 11.3 Å². The van der Waals surface area contributed by atoms with E-state index in [0.29, 0.717) is 11.8 Å². The van der Waals surface area contributed by atoms with Crippen LogP contribution in [0.15, 0.2) is 41.1 Å². The van der Waals surface area contributed by atoms with Crippen LogP contribution in [-0.4, -0.2) is 33.3 Å². The molecule has 142 valence electrons. The highest BCUT2D eigenvalue weighted by Gasteiger charge is 2.27. The first-order chi connectivity index (χ1) is 13.7. The van der Waals surface area contributed by atoms with E-state index in [4.69, 9.17) is 4.42 Å². The zero-order valence-electron chi connectivity index (χ0n) is 15.9. The summed E-state index contributed by atoms with van der Waals surface area (Å²) < 4.78 is 5.98. The number of fused-ring (bicyclic) bond motifs is 1. The average Bonchev–Trinajstić information content (AvgIpc) is 3.34. The summed E-state index contributed by atoms with van der Waals surface area (Å²) in [5.74, 6) is 2.69. The zero-order valence-corrected chi connectivity index (χ0v) is 16.7. The smallest absolute Gasteiger partial charge is 0.247 e. The molecule has 1 saturated heterocycles. The maximum absolute atomic E-state index is 5.98. The van der Waals surface area contributed by atoms with Gasteiger partial charge in [0.1, 0.15) is 17.0 Å². The Balaban J connectivity index is 1.34. The summed E-state index contributed by atoms with van der Waals surface area (Å²) in [6, 6.07) is 9.93. The van der Waals surface area contributed by atoms with Crippen LogP contribution in [-0.2, 0) is 0 Å². The molecule has 0 bridgehead atoms. The molecule has 0 spiro atoms. The van der Waals surface area contributed by atoms with Gasteiger partial charge in [0.15, 0.2) is 0 Å². The highest BCUT2D eigenvalue weighted by molar-refractivity contribution is 7.18. The number of thiophene rings is 1. The van der Waals surface area contributed by atoms with Gasteiger partial charge >= 0.3 is 0 Å². The van der Waals surface area contributed by atoms with E-state index in [0.717, 1.165) is 48.0 Å². The van der Waals surface area contributed by atoms with Gasteiger partial charge in [-0.1, -0.05) is 18.2 Å². The van der Waals surface area contributed by atoms with Crippen LogP contribution in [0.25, 0.3) is 21.7 Å². The Morgan fingerprint density at radius 1 is 1.04 bits per heavy atom. The normalized spacial score (nSPS) is 15.4. The molecule has 1 aliphatic heterocycles. The highest BCUT2D eigenvalue weighted by atomic mass is 32.1. The summed E-state index contributed by atoms with van der Waals surface area (Å²) in [7, 11) is 0. The van der Waals surface area contributed by atoms with Crippen molar-refractivity contribution in [2.75, 3.05) is 18.0 Å². The van der Waals surface area contributed by atoms with Crippen molar-refractivity contribution in [3.05, 3.63) is 53.0 Å². The quantitative estimate of drug-likeness (QED) is 0.502. The molecular weight excluding hydrogens is 370 g/mol. The van der Waals surface area contributed by atoms with E-state index < -0.39 is 0 Å². The molecule has 6 nitrogen and oxygen atoms in total. The molecular formula is C21H21N5OS. The van der Waals surface area contributed by atoms with E-state index in [9.17, 15) is 0 Å². The van der Waals surface area contributed by atoms with Gasteiger partial charge in [0.25, 0.3) is 0 Å². The van der Waals surface area contributed by atoms with Crippen molar-refractivity contribution in [1.82, 2.24) is 20.2 Å². The molecule has 0 unspecified atom stereocenters. The standard InChI is InChI=1S/C21H21N5OS/c1-13-14(2)28-21-17(13)18(22-12-23-21)26-10-8-16(9-11-26)20-25-24-19(27-20)15-6-4-3-5-7-15/h3-7,12,16H,8-11H2,1-2H3. The van der Waals surface area contributed by atoms with E-state index in [1.54, 1.807) is 17.7 Å². The highest BCUT2D eigenvalue weighted by Crippen LogP contribution is 2.37. The van der Waals surface area contributed by atoms with E-state index in [2.05, 4.69) is 38.9 Å². The van der Waals surface area contributed by atoms with E-state index >= 15 is 0 Å². The fourth-order valence-corrected chi connectivity index (χ4v) is 4.83. The Morgan fingerprint density at radius 3 is 2.61 bits per heavy atom. The number of nitrogens with zero attached hydrogens (tertiary/aromatic N) is 5. The molecule has 0 radical (unpaired) electrons. The molecule has 7 heteroatoms. The lowest BCUT2D eigenvalue weighted by atomic mass is 9.96. The molecule has 1 aromatic carbocycles. The Kier molecular flexibility index (Phi) is 4.31. The molecule has 0 amide bonds. The van der Waals surface area contributed by atoms with Crippen LogP contribution in [0.2, 0.25) is 0 Å². The lowest BCUT2D eigenvalue weighted by molar-refractivity contribution is 0.398. The van der Waals surface area contributed by atoms with Crippen LogP contribution in [0.1, 0.15) is 35.1 Å². The SMILES string of the molecule is Cc1sc2ncnc(N3CCC(c4nnc(-c5ccccc5)o4)CC3)c2c1C. The first-order valence-corrected chi connectivity index (χ1v) is 10.4. The Morgan fingerprint density at radius 2 is 1.82 bits per heavy atom. The van der Waals surface area contributed by atoms with Gasteiger partial charge in [0.2, 0.25) is 11.8 Å². The predicted molar refractivity (Wildman–Crippen MR) is 111 cm³/mol. The third-order valence-corrected chi connectivity index (χ3v) is 6.67. The third kappa shape index (κ3) is 2.96. The minimum absolute atomic E-state index is 0.295. The van der Waals surface area contributed by atoms with Crippen LogP contribution in [0.3, 0.4) is 0 Å².